The van der Waals surface area contributed by atoms with Crippen LogP contribution in [0.4, 0.5) is 20.7 Å². The van der Waals surface area contributed by atoms with E-state index in [1.165, 1.54) is 36.2 Å². The predicted octanol–water partition coefficient (Wildman–Crippen LogP) is 4.18. The molecule has 0 spiro atoms. The van der Waals surface area contributed by atoms with E-state index in [4.69, 9.17) is 0 Å². The van der Waals surface area contributed by atoms with Crippen LogP contribution in [-0.4, -0.2) is 28.8 Å². The molecule has 1 saturated heterocycles. The largest absolute Gasteiger partial charge is 0.344 e. The van der Waals surface area contributed by atoms with Crippen molar-refractivity contribution >= 4 is 33.3 Å². The normalized spacial score (nSPS) is 17.6. The van der Waals surface area contributed by atoms with Crippen LogP contribution in [0.2, 0.25) is 0 Å². The van der Waals surface area contributed by atoms with Crippen LogP contribution >= 0.6 is 11.3 Å². The molecule has 1 fully saturated rings. The maximum absolute atomic E-state index is 12.2. The number of anilines is 3. The topological polar surface area (TPSA) is 70.1 Å². The van der Waals surface area contributed by atoms with Gasteiger partial charge in [0.1, 0.15) is 0 Å². The molecule has 0 radical (unpaired) electrons. The van der Waals surface area contributed by atoms with Crippen LogP contribution in [0.5, 0.6) is 0 Å². The Morgan fingerprint density at radius 2 is 2.08 bits per heavy atom. The van der Waals surface area contributed by atoms with Gasteiger partial charge in [-0.25, -0.2) is 4.79 Å². The number of urea groups is 1. The minimum Gasteiger partial charge on any atom is -0.344 e. The first-order chi connectivity index (χ1) is 11.5. The van der Waals surface area contributed by atoms with Gasteiger partial charge < -0.3 is 10.2 Å². The van der Waals surface area contributed by atoms with Gasteiger partial charge in [0.05, 0.1) is 0 Å². The smallest absolute Gasteiger partial charge is 0.325 e. The highest BCUT2D eigenvalue weighted by atomic mass is 32.1. The molecule has 1 unspecified atom stereocenters. The molecule has 0 bridgehead atoms. The zero-order valence-corrected chi connectivity index (χ0v) is 15.1. The number of piperidine rings is 1. The summed E-state index contributed by atoms with van der Waals surface area (Å²) >= 11 is 1.42. The molecule has 128 valence electrons. The zero-order chi connectivity index (χ0) is 17.1. The summed E-state index contributed by atoms with van der Waals surface area (Å²) in [6.45, 7) is 7.22. The fourth-order valence-corrected chi connectivity index (χ4v) is 3.84. The van der Waals surface area contributed by atoms with Crippen LogP contribution in [-0.2, 0) is 0 Å². The Kier molecular flexibility index (Phi) is 4.99. The van der Waals surface area contributed by atoms with E-state index in [0.29, 0.717) is 11.2 Å². The summed E-state index contributed by atoms with van der Waals surface area (Å²) in [4.78, 5) is 14.4. The first-order valence-electron chi connectivity index (χ1n) is 8.28. The summed E-state index contributed by atoms with van der Waals surface area (Å²) in [5.41, 5.74) is 3.00. The van der Waals surface area contributed by atoms with Gasteiger partial charge in [0, 0.05) is 18.3 Å². The molecule has 1 aliphatic heterocycles. The number of hydrogen-bond acceptors (Lipinski definition) is 5. The van der Waals surface area contributed by atoms with Gasteiger partial charge in [-0.1, -0.05) is 29.0 Å². The molecular formula is C17H23N5OS. The Hall–Kier alpha value is -2.15. The van der Waals surface area contributed by atoms with Crippen LogP contribution in [0, 0.1) is 13.8 Å². The first kappa shape index (κ1) is 16.7. The molecule has 2 amide bonds. The molecule has 3 rings (SSSR count). The van der Waals surface area contributed by atoms with Crippen LogP contribution in [0.15, 0.2) is 18.2 Å². The molecule has 1 aromatic heterocycles. The summed E-state index contributed by atoms with van der Waals surface area (Å²) < 4.78 is 0. The van der Waals surface area contributed by atoms with E-state index < -0.39 is 0 Å². The molecule has 7 heteroatoms. The average molecular weight is 345 g/mol. The molecule has 1 aliphatic rings. The van der Waals surface area contributed by atoms with E-state index in [9.17, 15) is 4.79 Å². The lowest BCUT2D eigenvalue weighted by molar-refractivity contribution is 0.262. The van der Waals surface area contributed by atoms with Crippen molar-refractivity contribution < 1.29 is 4.79 Å². The lowest BCUT2D eigenvalue weighted by atomic mass is 10.1. The quantitative estimate of drug-likeness (QED) is 0.875. The summed E-state index contributed by atoms with van der Waals surface area (Å²) in [6, 6.07) is 6.10. The van der Waals surface area contributed by atoms with Gasteiger partial charge in [0.15, 0.2) is 0 Å². The average Bonchev–Trinajstić information content (AvgIpc) is 2.99. The molecular weight excluding hydrogens is 322 g/mol. The molecule has 1 atom stereocenters. The van der Waals surface area contributed by atoms with Crippen molar-refractivity contribution in [1.82, 2.24) is 10.2 Å². The van der Waals surface area contributed by atoms with E-state index in [-0.39, 0.29) is 6.03 Å². The van der Waals surface area contributed by atoms with Crippen LogP contribution in [0.25, 0.3) is 0 Å². The van der Waals surface area contributed by atoms with Crippen molar-refractivity contribution in [1.29, 1.82) is 0 Å². The van der Waals surface area contributed by atoms with Gasteiger partial charge in [-0.15, -0.1) is 10.2 Å². The number of aromatic nitrogens is 2. The molecule has 0 saturated carbocycles. The summed E-state index contributed by atoms with van der Waals surface area (Å²) in [5, 5.41) is 15.4. The second-order valence-electron chi connectivity index (χ2n) is 6.33. The van der Waals surface area contributed by atoms with Crippen molar-refractivity contribution in [2.75, 3.05) is 22.1 Å². The Balaban J connectivity index is 1.62. The number of amides is 2. The molecule has 1 aromatic carbocycles. The predicted molar refractivity (Wildman–Crippen MR) is 99.1 cm³/mol. The van der Waals surface area contributed by atoms with Crippen molar-refractivity contribution in [3.63, 3.8) is 0 Å². The van der Waals surface area contributed by atoms with Gasteiger partial charge >= 0.3 is 6.03 Å². The van der Waals surface area contributed by atoms with E-state index in [0.717, 1.165) is 22.9 Å². The maximum atomic E-state index is 12.2. The minimum absolute atomic E-state index is 0.295. The van der Waals surface area contributed by atoms with E-state index in [1.54, 1.807) is 0 Å². The number of hydrogen-bond donors (Lipinski definition) is 2. The van der Waals surface area contributed by atoms with Gasteiger partial charge in [0.2, 0.25) is 10.3 Å². The van der Waals surface area contributed by atoms with Crippen LogP contribution < -0.4 is 15.5 Å². The number of nitrogens with zero attached hydrogens (tertiary/aromatic N) is 3. The van der Waals surface area contributed by atoms with Crippen molar-refractivity contribution in [2.45, 2.75) is 46.1 Å². The Bertz CT molecular complexity index is 730. The van der Waals surface area contributed by atoms with Crippen molar-refractivity contribution in [3.8, 4) is 0 Å². The third-order valence-electron chi connectivity index (χ3n) is 4.31. The van der Waals surface area contributed by atoms with Gasteiger partial charge in [0.25, 0.3) is 0 Å². The van der Waals surface area contributed by atoms with Gasteiger partial charge in [-0.05, 0) is 51.7 Å². The van der Waals surface area contributed by atoms with Crippen molar-refractivity contribution in [2.24, 2.45) is 0 Å². The first-order valence-corrected chi connectivity index (χ1v) is 9.10. The van der Waals surface area contributed by atoms with Crippen molar-refractivity contribution in [3.05, 3.63) is 29.3 Å². The molecule has 2 aromatic rings. The molecule has 24 heavy (non-hydrogen) atoms. The Labute approximate surface area is 146 Å². The second kappa shape index (κ2) is 7.17. The fraction of sp³-hybridized carbons (Fsp3) is 0.471. The highest BCUT2D eigenvalue weighted by molar-refractivity contribution is 7.19. The molecule has 0 aliphatic carbocycles. The standard InChI is InChI=1S/C17H23N5OS/c1-11-7-8-14(12(2)10-11)18-15(23)19-16-20-21-17(24-16)22-9-5-4-6-13(22)3/h7-8,10,13H,4-6,9H2,1-3H3,(H2,18,19,20,23). The number of benzene rings is 1. The highest BCUT2D eigenvalue weighted by Gasteiger charge is 2.22. The minimum atomic E-state index is -0.295. The lowest BCUT2D eigenvalue weighted by Gasteiger charge is -2.32. The number of rotatable bonds is 3. The number of carbonyl (C=O) groups is 1. The van der Waals surface area contributed by atoms with Gasteiger partial charge in [-0.2, -0.15) is 0 Å². The maximum Gasteiger partial charge on any atom is 0.325 e. The lowest BCUT2D eigenvalue weighted by Crippen LogP contribution is -2.37. The third-order valence-corrected chi connectivity index (χ3v) is 5.19. The Morgan fingerprint density at radius 3 is 2.83 bits per heavy atom. The van der Waals surface area contributed by atoms with Gasteiger partial charge in [-0.3, -0.25) is 5.32 Å². The molecule has 6 nitrogen and oxygen atoms in total. The zero-order valence-electron chi connectivity index (χ0n) is 14.3. The number of nitrogens with one attached hydrogen (secondary N) is 2. The number of carbonyl (C=O) groups excluding carboxylic acids is 1. The van der Waals surface area contributed by atoms with Crippen LogP contribution in [0.1, 0.15) is 37.3 Å². The van der Waals surface area contributed by atoms with E-state index in [2.05, 4.69) is 32.7 Å². The molecule has 2 heterocycles. The Morgan fingerprint density at radius 1 is 1.25 bits per heavy atom. The van der Waals surface area contributed by atoms with E-state index >= 15 is 0 Å². The highest BCUT2D eigenvalue weighted by Crippen LogP contribution is 2.29. The monoisotopic (exact) mass is 345 g/mol. The van der Waals surface area contributed by atoms with E-state index in [1.807, 2.05) is 32.0 Å². The summed E-state index contributed by atoms with van der Waals surface area (Å²) in [6.07, 6.45) is 3.62. The fourth-order valence-electron chi connectivity index (χ4n) is 2.97. The summed E-state index contributed by atoms with van der Waals surface area (Å²) in [7, 11) is 0. The number of aryl methyl sites for hydroxylation is 2. The molecule has 2 N–H and O–H groups in total. The SMILES string of the molecule is Cc1ccc(NC(=O)Nc2nnc(N3CCCCC3C)s2)c(C)c1. The third kappa shape index (κ3) is 3.84. The summed E-state index contributed by atoms with van der Waals surface area (Å²) in [5.74, 6) is 0. The van der Waals surface area contributed by atoms with Crippen LogP contribution in [0.3, 0.4) is 0 Å². The second-order valence-corrected chi connectivity index (χ2v) is 7.28.